The van der Waals surface area contributed by atoms with Gasteiger partial charge in [0.15, 0.2) is 0 Å². The van der Waals surface area contributed by atoms with Crippen molar-refractivity contribution in [3.05, 3.63) is 59.7 Å². The Morgan fingerprint density at radius 2 is 1.52 bits per heavy atom. The number of rotatable bonds is 8. The van der Waals surface area contributed by atoms with Crippen LogP contribution in [-0.4, -0.2) is 19.3 Å². The number of ether oxygens (including phenoxy) is 2. The van der Waals surface area contributed by atoms with E-state index in [0.717, 1.165) is 23.1 Å². The fourth-order valence-corrected chi connectivity index (χ4v) is 3.51. The van der Waals surface area contributed by atoms with Gasteiger partial charge in [-0.2, -0.15) is 5.26 Å². The van der Waals surface area contributed by atoms with E-state index in [4.69, 9.17) is 14.7 Å². The van der Waals surface area contributed by atoms with Gasteiger partial charge in [0.25, 0.3) is 0 Å². The highest BCUT2D eigenvalue weighted by molar-refractivity contribution is 5.64. The van der Waals surface area contributed by atoms with Gasteiger partial charge < -0.3 is 9.47 Å². The van der Waals surface area contributed by atoms with Crippen LogP contribution in [0.2, 0.25) is 0 Å². The van der Waals surface area contributed by atoms with Gasteiger partial charge in [-0.05, 0) is 35.2 Å². The molecule has 2 atom stereocenters. The zero-order chi connectivity index (χ0) is 18.9. The van der Waals surface area contributed by atoms with Gasteiger partial charge in [0, 0.05) is 0 Å². The second kappa shape index (κ2) is 10.3. The van der Waals surface area contributed by atoms with Crippen molar-refractivity contribution in [1.82, 2.24) is 0 Å². The number of hydrogen-bond acceptors (Lipinski definition) is 3. The lowest BCUT2D eigenvalue weighted by Gasteiger charge is -2.30. The van der Waals surface area contributed by atoms with Crippen LogP contribution in [0, 0.1) is 11.3 Å². The number of benzene rings is 2. The number of unbranched alkanes of at least 4 members (excludes halogenated alkanes) is 4. The van der Waals surface area contributed by atoms with Crippen molar-refractivity contribution in [2.24, 2.45) is 0 Å². The first-order valence-corrected chi connectivity index (χ1v) is 10.1. The van der Waals surface area contributed by atoms with E-state index < -0.39 is 0 Å². The Hall–Kier alpha value is -2.15. The van der Waals surface area contributed by atoms with E-state index in [2.05, 4.69) is 37.3 Å². The van der Waals surface area contributed by atoms with E-state index in [9.17, 15) is 0 Å². The average molecular weight is 364 g/mol. The van der Waals surface area contributed by atoms with Gasteiger partial charge in [-0.1, -0.05) is 75.4 Å². The van der Waals surface area contributed by atoms with Gasteiger partial charge in [0.2, 0.25) is 0 Å². The lowest BCUT2D eigenvalue weighted by molar-refractivity contribution is -0.137. The first kappa shape index (κ1) is 19.6. The molecule has 0 spiro atoms. The summed E-state index contributed by atoms with van der Waals surface area (Å²) in [5.41, 5.74) is 4.10. The van der Waals surface area contributed by atoms with Crippen LogP contribution in [0.15, 0.2) is 48.5 Å². The van der Waals surface area contributed by atoms with Crippen LogP contribution < -0.4 is 0 Å². The van der Waals surface area contributed by atoms with Crippen molar-refractivity contribution in [2.45, 2.75) is 57.7 Å². The number of nitrogens with zero attached hydrogens (tertiary/aromatic N) is 1. The van der Waals surface area contributed by atoms with Crippen LogP contribution in [0.25, 0.3) is 11.1 Å². The molecule has 27 heavy (non-hydrogen) atoms. The van der Waals surface area contributed by atoms with Gasteiger partial charge in [-0.15, -0.1) is 0 Å². The minimum absolute atomic E-state index is 0.0244. The molecule has 1 aliphatic rings. The number of hydrogen-bond donors (Lipinski definition) is 0. The third-order valence-electron chi connectivity index (χ3n) is 5.23. The lowest BCUT2D eigenvalue weighted by Crippen LogP contribution is -2.31. The van der Waals surface area contributed by atoms with Gasteiger partial charge in [0.1, 0.15) is 6.10 Å². The molecule has 0 radical (unpaired) electrons. The molecule has 0 saturated carbocycles. The third kappa shape index (κ3) is 5.66. The molecule has 1 heterocycles. The summed E-state index contributed by atoms with van der Waals surface area (Å²) in [6.07, 6.45) is 7.87. The molecule has 1 saturated heterocycles. The summed E-state index contributed by atoms with van der Waals surface area (Å²) in [5, 5.41) is 8.90. The molecule has 142 valence electrons. The quantitative estimate of drug-likeness (QED) is 0.537. The van der Waals surface area contributed by atoms with E-state index in [1.807, 2.05) is 24.3 Å². The molecule has 1 fully saturated rings. The Morgan fingerprint density at radius 3 is 2.11 bits per heavy atom. The Balaban J connectivity index is 1.48. The fraction of sp³-hybridized carbons (Fsp3) is 0.458. The molecule has 0 aromatic heterocycles. The minimum Gasteiger partial charge on any atom is -0.373 e. The van der Waals surface area contributed by atoms with E-state index in [1.54, 1.807) is 0 Å². The molecule has 3 rings (SSSR count). The van der Waals surface area contributed by atoms with E-state index in [-0.39, 0.29) is 12.2 Å². The molecule has 1 aliphatic heterocycles. The molecule has 0 unspecified atom stereocenters. The molecule has 2 aromatic carbocycles. The molecule has 0 amide bonds. The third-order valence-corrected chi connectivity index (χ3v) is 5.23. The van der Waals surface area contributed by atoms with E-state index >= 15 is 0 Å². The first-order chi connectivity index (χ1) is 13.3. The standard InChI is InChI=1S/C24H29NO2/c1-2-3-4-5-6-7-23-17-27-24(18-26-23)22-14-12-21(13-15-22)20-10-8-19(16-25)9-11-20/h8-15,23-24H,2-7,17-18H2,1H3/t23-,24-/m0/s1. The van der Waals surface area contributed by atoms with Crippen molar-refractivity contribution < 1.29 is 9.47 Å². The summed E-state index contributed by atoms with van der Waals surface area (Å²) < 4.78 is 12.1. The van der Waals surface area contributed by atoms with Crippen molar-refractivity contribution in [3.63, 3.8) is 0 Å². The van der Waals surface area contributed by atoms with Gasteiger partial charge >= 0.3 is 0 Å². The molecule has 2 aromatic rings. The summed E-state index contributed by atoms with van der Waals surface area (Å²) in [7, 11) is 0. The minimum atomic E-state index is 0.0244. The van der Waals surface area contributed by atoms with Crippen LogP contribution in [0.3, 0.4) is 0 Å². The van der Waals surface area contributed by atoms with Gasteiger partial charge in [-0.25, -0.2) is 0 Å². The van der Waals surface area contributed by atoms with Crippen LogP contribution in [0.1, 0.15) is 62.7 Å². The second-order valence-corrected chi connectivity index (χ2v) is 7.29. The zero-order valence-electron chi connectivity index (χ0n) is 16.2. The van der Waals surface area contributed by atoms with Crippen LogP contribution in [0.4, 0.5) is 0 Å². The molecule has 3 heteroatoms. The zero-order valence-corrected chi connectivity index (χ0v) is 16.2. The molecule has 0 N–H and O–H groups in total. The van der Waals surface area contributed by atoms with Crippen LogP contribution in [0.5, 0.6) is 0 Å². The summed E-state index contributed by atoms with van der Waals surface area (Å²) in [6, 6.07) is 18.3. The molecular weight excluding hydrogens is 334 g/mol. The van der Waals surface area contributed by atoms with Crippen LogP contribution >= 0.6 is 0 Å². The Kier molecular flexibility index (Phi) is 7.45. The van der Waals surface area contributed by atoms with Crippen molar-refractivity contribution in [3.8, 4) is 17.2 Å². The number of nitriles is 1. The normalized spacial score (nSPS) is 19.6. The molecular formula is C24H29NO2. The Morgan fingerprint density at radius 1 is 0.852 bits per heavy atom. The first-order valence-electron chi connectivity index (χ1n) is 10.1. The predicted octanol–water partition coefficient (Wildman–Crippen LogP) is 6.04. The molecule has 0 aliphatic carbocycles. The van der Waals surface area contributed by atoms with Gasteiger partial charge in [-0.3, -0.25) is 0 Å². The Labute approximate surface area is 162 Å². The summed E-state index contributed by atoms with van der Waals surface area (Å²) in [5.74, 6) is 0. The second-order valence-electron chi connectivity index (χ2n) is 7.29. The fourth-order valence-electron chi connectivity index (χ4n) is 3.51. The maximum absolute atomic E-state index is 8.90. The highest BCUT2D eigenvalue weighted by atomic mass is 16.6. The van der Waals surface area contributed by atoms with Gasteiger partial charge in [0.05, 0.1) is 31.0 Å². The topological polar surface area (TPSA) is 42.2 Å². The Bertz CT molecular complexity index is 722. The van der Waals surface area contributed by atoms with Crippen molar-refractivity contribution in [1.29, 1.82) is 5.26 Å². The monoisotopic (exact) mass is 363 g/mol. The van der Waals surface area contributed by atoms with E-state index in [1.165, 1.54) is 32.1 Å². The largest absolute Gasteiger partial charge is 0.373 e. The van der Waals surface area contributed by atoms with Crippen LogP contribution in [-0.2, 0) is 9.47 Å². The lowest BCUT2D eigenvalue weighted by atomic mass is 10.0. The highest BCUT2D eigenvalue weighted by Gasteiger charge is 2.23. The summed E-state index contributed by atoms with van der Waals surface area (Å²) in [6.45, 7) is 3.57. The molecule has 0 bridgehead atoms. The maximum atomic E-state index is 8.90. The molecule has 3 nitrogen and oxygen atoms in total. The SMILES string of the molecule is CCCCCCC[C@H]1CO[C@H](c2ccc(-c3ccc(C#N)cc3)cc2)CO1. The van der Waals surface area contributed by atoms with E-state index in [0.29, 0.717) is 18.8 Å². The summed E-state index contributed by atoms with van der Waals surface area (Å²) in [4.78, 5) is 0. The van der Waals surface area contributed by atoms with Crippen molar-refractivity contribution >= 4 is 0 Å². The highest BCUT2D eigenvalue weighted by Crippen LogP contribution is 2.27. The summed E-state index contributed by atoms with van der Waals surface area (Å²) >= 11 is 0. The predicted molar refractivity (Wildman–Crippen MR) is 108 cm³/mol. The smallest absolute Gasteiger partial charge is 0.106 e. The average Bonchev–Trinajstić information content (AvgIpc) is 2.74. The van der Waals surface area contributed by atoms with Crippen molar-refractivity contribution in [2.75, 3.05) is 13.2 Å². The maximum Gasteiger partial charge on any atom is 0.106 e.